The van der Waals surface area contributed by atoms with Crippen molar-refractivity contribution in [3.8, 4) is 5.75 Å². The van der Waals surface area contributed by atoms with Crippen molar-refractivity contribution in [2.24, 2.45) is 7.05 Å². The fourth-order valence-electron chi connectivity index (χ4n) is 2.98. The summed E-state index contributed by atoms with van der Waals surface area (Å²) in [6.45, 7) is 0.680. The second kappa shape index (κ2) is 6.32. The van der Waals surface area contributed by atoms with Crippen LogP contribution in [0.2, 0.25) is 0 Å². The van der Waals surface area contributed by atoms with Gasteiger partial charge in [-0.1, -0.05) is 0 Å². The summed E-state index contributed by atoms with van der Waals surface area (Å²) in [5.74, 6) is 0.416. The molecule has 1 saturated heterocycles. The first-order valence-corrected chi connectivity index (χ1v) is 7.82. The van der Waals surface area contributed by atoms with Gasteiger partial charge >= 0.3 is 0 Å². The van der Waals surface area contributed by atoms with Gasteiger partial charge in [0, 0.05) is 24.5 Å². The van der Waals surface area contributed by atoms with Crippen molar-refractivity contribution < 1.29 is 14.3 Å². The van der Waals surface area contributed by atoms with Crippen molar-refractivity contribution >= 4 is 22.7 Å². The van der Waals surface area contributed by atoms with Gasteiger partial charge in [-0.15, -0.1) is 0 Å². The van der Waals surface area contributed by atoms with Gasteiger partial charge in [-0.2, -0.15) is 0 Å². The Morgan fingerprint density at radius 3 is 2.96 bits per heavy atom. The minimum Gasteiger partial charge on any atom is -0.497 e. The van der Waals surface area contributed by atoms with Crippen LogP contribution in [0.15, 0.2) is 24.3 Å². The van der Waals surface area contributed by atoms with E-state index in [-0.39, 0.29) is 11.8 Å². The summed E-state index contributed by atoms with van der Waals surface area (Å²) in [6, 6.07) is 7.04. The molecule has 1 aromatic carbocycles. The number of fused-ring (bicyclic) bond motifs is 1. The number of nitrogens with one attached hydrogen (secondary N) is 2. The molecule has 3 rings (SSSR count). The fourth-order valence-corrected chi connectivity index (χ4v) is 2.98. The highest BCUT2D eigenvalue weighted by atomic mass is 16.5. The summed E-state index contributed by atoms with van der Waals surface area (Å²) in [7, 11) is 3.46. The molecule has 0 radical (unpaired) electrons. The first-order valence-electron chi connectivity index (χ1n) is 7.82. The zero-order valence-electron chi connectivity index (χ0n) is 13.4. The van der Waals surface area contributed by atoms with E-state index in [4.69, 9.17) is 4.74 Å². The van der Waals surface area contributed by atoms with Crippen molar-refractivity contribution in [3.05, 3.63) is 30.0 Å². The Kier molecular flexibility index (Phi) is 4.23. The van der Waals surface area contributed by atoms with Crippen molar-refractivity contribution in [2.45, 2.75) is 25.3 Å². The molecule has 0 aliphatic carbocycles. The number of carbonyl (C=O) groups excluding carboxylic acids is 2. The maximum absolute atomic E-state index is 12.6. The molecule has 23 heavy (non-hydrogen) atoms. The molecule has 1 fully saturated rings. The lowest BCUT2D eigenvalue weighted by atomic mass is 10.1. The Morgan fingerprint density at radius 2 is 2.17 bits per heavy atom. The second-order valence-electron chi connectivity index (χ2n) is 5.83. The maximum Gasteiger partial charge on any atom is 0.268 e. The van der Waals surface area contributed by atoms with Gasteiger partial charge in [-0.3, -0.25) is 9.59 Å². The molecule has 1 atom stereocenters. The molecule has 2 amide bonds. The van der Waals surface area contributed by atoms with E-state index in [1.807, 2.05) is 35.9 Å². The highest BCUT2D eigenvalue weighted by Gasteiger charge is 2.24. The van der Waals surface area contributed by atoms with Crippen molar-refractivity contribution in [3.63, 3.8) is 0 Å². The zero-order valence-corrected chi connectivity index (χ0v) is 13.4. The number of amides is 2. The Bertz CT molecular complexity index is 751. The SMILES string of the molecule is COc1ccc2c(c1)cc(C(=O)N[C@@H]1CCCCNC1=O)n2C. The molecule has 0 bridgehead atoms. The van der Waals surface area contributed by atoms with E-state index in [0.717, 1.165) is 29.5 Å². The molecule has 1 aliphatic heterocycles. The predicted octanol–water partition coefficient (Wildman–Crippen LogP) is 1.59. The molecule has 0 spiro atoms. The summed E-state index contributed by atoms with van der Waals surface area (Å²) in [6.07, 6.45) is 2.55. The standard InChI is InChI=1S/C17H21N3O3/c1-20-14-7-6-12(23-2)9-11(14)10-15(20)17(22)19-13-5-3-4-8-18-16(13)21/h6-7,9-10,13H,3-5,8H2,1-2H3,(H,18,21)(H,19,22)/t13-/m1/s1. The Balaban J connectivity index is 1.85. The lowest BCUT2D eigenvalue weighted by Gasteiger charge is -2.15. The molecule has 6 nitrogen and oxygen atoms in total. The summed E-state index contributed by atoms with van der Waals surface area (Å²) in [5.41, 5.74) is 1.48. The molecular formula is C17H21N3O3. The number of rotatable bonds is 3. The quantitative estimate of drug-likeness (QED) is 0.903. The highest BCUT2D eigenvalue weighted by Crippen LogP contribution is 2.24. The van der Waals surface area contributed by atoms with Gasteiger partial charge in [0.2, 0.25) is 5.91 Å². The number of carbonyl (C=O) groups is 2. The number of hydrogen-bond donors (Lipinski definition) is 2. The predicted molar refractivity (Wildman–Crippen MR) is 87.6 cm³/mol. The van der Waals surface area contributed by atoms with E-state index in [1.165, 1.54) is 0 Å². The van der Waals surface area contributed by atoms with E-state index in [0.29, 0.717) is 18.7 Å². The summed E-state index contributed by atoms with van der Waals surface area (Å²) >= 11 is 0. The molecule has 0 unspecified atom stereocenters. The lowest BCUT2D eigenvalue weighted by Crippen LogP contribution is -2.45. The van der Waals surface area contributed by atoms with Gasteiger partial charge < -0.3 is 19.9 Å². The molecule has 1 aliphatic rings. The number of hydrogen-bond acceptors (Lipinski definition) is 3. The van der Waals surface area contributed by atoms with Gasteiger partial charge in [0.15, 0.2) is 0 Å². The van der Waals surface area contributed by atoms with Crippen LogP contribution in [0.5, 0.6) is 5.75 Å². The summed E-state index contributed by atoms with van der Waals surface area (Å²) in [5, 5.41) is 6.62. The third kappa shape index (κ3) is 3.02. The van der Waals surface area contributed by atoms with Gasteiger partial charge in [0.05, 0.1) is 7.11 Å². The van der Waals surface area contributed by atoms with Crippen LogP contribution in [0.3, 0.4) is 0 Å². The molecule has 2 aromatic rings. The van der Waals surface area contributed by atoms with Crippen LogP contribution in [0.25, 0.3) is 10.9 Å². The van der Waals surface area contributed by atoms with Crippen molar-refractivity contribution in [1.82, 2.24) is 15.2 Å². The Labute approximate surface area is 134 Å². The normalized spacial score (nSPS) is 18.3. The highest BCUT2D eigenvalue weighted by molar-refractivity contribution is 6.01. The second-order valence-corrected chi connectivity index (χ2v) is 5.83. The fraction of sp³-hybridized carbons (Fsp3) is 0.412. The number of aryl methyl sites for hydroxylation is 1. The monoisotopic (exact) mass is 315 g/mol. The molecule has 122 valence electrons. The summed E-state index contributed by atoms with van der Waals surface area (Å²) in [4.78, 5) is 24.5. The number of methoxy groups -OCH3 is 1. The van der Waals surface area contributed by atoms with E-state index in [1.54, 1.807) is 7.11 Å². The van der Waals surface area contributed by atoms with Gasteiger partial charge in [-0.25, -0.2) is 0 Å². The summed E-state index contributed by atoms with van der Waals surface area (Å²) < 4.78 is 7.05. The Hall–Kier alpha value is -2.50. The molecule has 1 aromatic heterocycles. The lowest BCUT2D eigenvalue weighted by molar-refractivity contribution is -0.122. The van der Waals surface area contributed by atoms with Crippen molar-refractivity contribution in [1.29, 1.82) is 0 Å². The van der Waals surface area contributed by atoms with E-state index < -0.39 is 6.04 Å². The first kappa shape index (κ1) is 15.4. The molecule has 6 heteroatoms. The third-order valence-corrected chi connectivity index (χ3v) is 4.32. The molecular weight excluding hydrogens is 294 g/mol. The molecule has 0 saturated carbocycles. The largest absolute Gasteiger partial charge is 0.497 e. The van der Waals surface area contributed by atoms with E-state index in [9.17, 15) is 9.59 Å². The molecule has 2 N–H and O–H groups in total. The van der Waals surface area contributed by atoms with Crippen LogP contribution in [0, 0.1) is 0 Å². The minimum absolute atomic E-state index is 0.101. The molecule has 2 heterocycles. The van der Waals surface area contributed by atoms with Gasteiger partial charge in [-0.05, 0) is 43.5 Å². The third-order valence-electron chi connectivity index (χ3n) is 4.32. The smallest absolute Gasteiger partial charge is 0.268 e. The van der Waals surface area contributed by atoms with Gasteiger partial charge in [0.25, 0.3) is 5.91 Å². The average Bonchev–Trinajstić information content (AvgIpc) is 2.75. The van der Waals surface area contributed by atoms with Crippen LogP contribution in [-0.4, -0.2) is 36.1 Å². The zero-order chi connectivity index (χ0) is 16.4. The van der Waals surface area contributed by atoms with Crippen LogP contribution in [0.4, 0.5) is 0 Å². The number of aromatic nitrogens is 1. The van der Waals surface area contributed by atoms with Gasteiger partial charge in [0.1, 0.15) is 17.5 Å². The van der Waals surface area contributed by atoms with Crippen LogP contribution in [-0.2, 0) is 11.8 Å². The minimum atomic E-state index is -0.461. The van der Waals surface area contributed by atoms with Crippen LogP contribution < -0.4 is 15.4 Å². The topological polar surface area (TPSA) is 72.4 Å². The van der Waals surface area contributed by atoms with Crippen LogP contribution >= 0.6 is 0 Å². The average molecular weight is 315 g/mol. The Morgan fingerprint density at radius 1 is 1.35 bits per heavy atom. The first-order chi connectivity index (χ1) is 11.1. The van der Waals surface area contributed by atoms with Crippen molar-refractivity contribution in [2.75, 3.05) is 13.7 Å². The number of nitrogens with zero attached hydrogens (tertiary/aromatic N) is 1. The van der Waals surface area contributed by atoms with E-state index in [2.05, 4.69) is 10.6 Å². The maximum atomic E-state index is 12.6. The van der Waals surface area contributed by atoms with Crippen LogP contribution in [0.1, 0.15) is 29.8 Å². The number of ether oxygens (including phenoxy) is 1. The van der Waals surface area contributed by atoms with E-state index >= 15 is 0 Å². The number of benzene rings is 1.